The van der Waals surface area contributed by atoms with E-state index in [1.54, 1.807) is 0 Å². The van der Waals surface area contributed by atoms with E-state index in [1.165, 1.54) is 7.11 Å². The van der Waals surface area contributed by atoms with Crippen molar-refractivity contribution < 1.29 is 37.3 Å². The molecule has 1 N–H and O–H groups in total. The Morgan fingerprint density at radius 3 is 2.39 bits per heavy atom. The van der Waals surface area contributed by atoms with Gasteiger partial charge in [0.25, 0.3) is 0 Å². The van der Waals surface area contributed by atoms with Gasteiger partial charge in [-0.1, -0.05) is 0 Å². The van der Waals surface area contributed by atoms with Crippen LogP contribution in [0.4, 0.5) is 13.2 Å². The molecule has 0 heterocycles. The molecule has 0 aromatic heterocycles. The van der Waals surface area contributed by atoms with Crippen molar-refractivity contribution >= 4 is 5.97 Å². The SMILES string of the molecule is COCCCOCCOC(CC(=O)O)C(F)(F)F. The quantitative estimate of drug-likeness (QED) is 0.611. The smallest absolute Gasteiger partial charge is 0.415 e. The predicted molar refractivity (Wildman–Crippen MR) is 55.4 cm³/mol. The summed E-state index contributed by atoms with van der Waals surface area (Å²) in [6.45, 7) is 0.540. The summed E-state index contributed by atoms with van der Waals surface area (Å²) >= 11 is 0. The molecule has 0 saturated heterocycles. The highest BCUT2D eigenvalue weighted by molar-refractivity contribution is 5.67. The molecule has 0 aliphatic heterocycles. The molecular weight excluding hydrogens is 257 g/mol. The Morgan fingerprint density at radius 1 is 1.22 bits per heavy atom. The van der Waals surface area contributed by atoms with Crippen molar-refractivity contribution in [1.82, 2.24) is 0 Å². The van der Waals surface area contributed by atoms with Crippen molar-refractivity contribution in [2.75, 3.05) is 33.5 Å². The van der Waals surface area contributed by atoms with E-state index in [2.05, 4.69) is 4.74 Å². The third kappa shape index (κ3) is 9.20. The summed E-state index contributed by atoms with van der Waals surface area (Å²) in [6, 6.07) is 0. The van der Waals surface area contributed by atoms with E-state index in [9.17, 15) is 18.0 Å². The first kappa shape index (κ1) is 17.1. The van der Waals surface area contributed by atoms with Crippen LogP contribution in [0.5, 0.6) is 0 Å². The van der Waals surface area contributed by atoms with Gasteiger partial charge in [-0.2, -0.15) is 13.2 Å². The average Bonchev–Trinajstić information content (AvgIpc) is 2.24. The molecule has 108 valence electrons. The van der Waals surface area contributed by atoms with Crippen molar-refractivity contribution in [1.29, 1.82) is 0 Å². The number of rotatable bonds is 10. The summed E-state index contributed by atoms with van der Waals surface area (Å²) in [5.74, 6) is -1.56. The molecule has 0 aliphatic rings. The number of carbonyl (C=O) groups is 1. The van der Waals surface area contributed by atoms with E-state index < -0.39 is 24.7 Å². The Labute approximate surface area is 103 Å². The van der Waals surface area contributed by atoms with Gasteiger partial charge in [0.05, 0.1) is 19.6 Å². The third-order valence-corrected chi connectivity index (χ3v) is 1.91. The second-order valence-corrected chi connectivity index (χ2v) is 3.46. The molecule has 0 fully saturated rings. The second-order valence-electron chi connectivity index (χ2n) is 3.46. The molecule has 0 saturated carbocycles. The van der Waals surface area contributed by atoms with Gasteiger partial charge >= 0.3 is 12.1 Å². The van der Waals surface area contributed by atoms with Crippen molar-refractivity contribution in [2.45, 2.75) is 25.1 Å². The van der Waals surface area contributed by atoms with E-state index in [0.29, 0.717) is 19.6 Å². The van der Waals surface area contributed by atoms with Gasteiger partial charge in [-0.25, -0.2) is 0 Å². The molecule has 1 atom stereocenters. The van der Waals surface area contributed by atoms with Crippen LogP contribution in [0.1, 0.15) is 12.8 Å². The lowest BCUT2D eigenvalue weighted by Gasteiger charge is -2.19. The van der Waals surface area contributed by atoms with Gasteiger partial charge in [0.15, 0.2) is 6.10 Å². The largest absolute Gasteiger partial charge is 0.481 e. The molecular formula is C10H17F3O5. The summed E-state index contributed by atoms with van der Waals surface area (Å²) in [5.41, 5.74) is 0. The number of ether oxygens (including phenoxy) is 3. The lowest BCUT2D eigenvalue weighted by atomic mass is 10.2. The van der Waals surface area contributed by atoms with Crippen LogP contribution < -0.4 is 0 Å². The predicted octanol–water partition coefficient (Wildman–Crippen LogP) is 1.46. The maximum atomic E-state index is 12.3. The van der Waals surface area contributed by atoms with E-state index in [0.717, 1.165) is 0 Å². The monoisotopic (exact) mass is 274 g/mol. The molecule has 0 aromatic rings. The van der Waals surface area contributed by atoms with Crippen LogP contribution in [0.15, 0.2) is 0 Å². The summed E-state index contributed by atoms with van der Waals surface area (Å²) < 4.78 is 51.1. The highest BCUT2D eigenvalue weighted by atomic mass is 19.4. The number of hydrogen-bond donors (Lipinski definition) is 1. The average molecular weight is 274 g/mol. The molecule has 0 radical (unpaired) electrons. The zero-order valence-corrected chi connectivity index (χ0v) is 10.0. The van der Waals surface area contributed by atoms with E-state index in [4.69, 9.17) is 14.6 Å². The summed E-state index contributed by atoms with van der Waals surface area (Å²) in [4.78, 5) is 10.2. The fourth-order valence-electron chi connectivity index (χ4n) is 1.08. The Balaban J connectivity index is 3.74. The second kappa shape index (κ2) is 9.12. The zero-order valence-electron chi connectivity index (χ0n) is 10.0. The van der Waals surface area contributed by atoms with Gasteiger partial charge in [0.2, 0.25) is 0 Å². The van der Waals surface area contributed by atoms with Crippen LogP contribution in [0.25, 0.3) is 0 Å². The molecule has 0 amide bonds. The van der Waals surface area contributed by atoms with Crippen molar-refractivity contribution in [3.8, 4) is 0 Å². The van der Waals surface area contributed by atoms with Gasteiger partial charge in [-0.15, -0.1) is 0 Å². The first-order valence-corrected chi connectivity index (χ1v) is 5.34. The van der Waals surface area contributed by atoms with Gasteiger partial charge in [-0.05, 0) is 6.42 Å². The molecule has 5 nitrogen and oxygen atoms in total. The molecule has 8 heteroatoms. The number of halogens is 3. The maximum Gasteiger partial charge on any atom is 0.415 e. The number of alkyl halides is 3. The van der Waals surface area contributed by atoms with Crippen LogP contribution in [-0.4, -0.2) is 56.9 Å². The Kier molecular flexibility index (Phi) is 8.69. The Hall–Kier alpha value is -0.860. The highest BCUT2D eigenvalue weighted by Crippen LogP contribution is 2.25. The molecule has 1 unspecified atom stereocenters. The van der Waals surface area contributed by atoms with E-state index in [-0.39, 0.29) is 13.2 Å². The molecule has 0 bridgehead atoms. The van der Waals surface area contributed by atoms with Crippen molar-refractivity contribution in [3.63, 3.8) is 0 Å². The van der Waals surface area contributed by atoms with Gasteiger partial charge < -0.3 is 19.3 Å². The number of hydrogen-bond acceptors (Lipinski definition) is 4. The lowest BCUT2D eigenvalue weighted by molar-refractivity contribution is -0.226. The molecule has 0 aliphatic carbocycles. The Morgan fingerprint density at radius 2 is 1.89 bits per heavy atom. The van der Waals surface area contributed by atoms with E-state index in [1.807, 2.05) is 0 Å². The standard InChI is InChI=1S/C10H17F3O5/c1-16-3-2-4-17-5-6-18-8(7-9(14)15)10(11,12)13/h8H,2-7H2,1H3,(H,14,15). The minimum absolute atomic E-state index is 0.0179. The minimum Gasteiger partial charge on any atom is -0.481 e. The normalized spacial score (nSPS) is 13.6. The first-order valence-electron chi connectivity index (χ1n) is 5.34. The van der Waals surface area contributed by atoms with Crippen LogP contribution in [-0.2, 0) is 19.0 Å². The number of carboxylic acids is 1. The van der Waals surface area contributed by atoms with Crippen LogP contribution in [0.2, 0.25) is 0 Å². The van der Waals surface area contributed by atoms with Crippen LogP contribution >= 0.6 is 0 Å². The van der Waals surface area contributed by atoms with Gasteiger partial charge in [-0.3, -0.25) is 4.79 Å². The van der Waals surface area contributed by atoms with Crippen molar-refractivity contribution in [2.24, 2.45) is 0 Å². The third-order valence-electron chi connectivity index (χ3n) is 1.91. The molecule has 0 rings (SSSR count). The fraction of sp³-hybridized carbons (Fsp3) is 0.900. The van der Waals surface area contributed by atoms with E-state index >= 15 is 0 Å². The topological polar surface area (TPSA) is 65.0 Å². The zero-order chi connectivity index (χ0) is 14.0. The van der Waals surface area contributed by atoms with Gasteiger partial charge in [0, 0.05) is 20.3 Å². The fourth-order valence-corrected chi connectivity index (χ4v) is 1.08. The molecule has 0 spiro atoms. The number of carboxylic acid groups (broad SMARTS) is 1. The summed E-state index contributed by atoms with van der Waals surface area (Å²) in [5, 5.41) is 8.32. The number of methoxy groups -OCH3 is 1. The molecule has 18 heavy (non-hydrogen) atoms. The highest BCUT2D eigenvalue weighted by Gasteiger charge is 2.41. The van der Waals surface area contributed by atoms with Crippen molar-refractivity contribution in [3.05, 3.63) is 0 Å². The molecule has 0 aromatic carbocycles. The minimum atomic E-state index is -4.69. The van der Waals surface area contributed by atoms with Gasteiger partial charge in [0.1, 0.15) is 0 Å². The maximum absolute atomic E-state index is 12.3. The lowest BCUT2D eigenvalue weighted by Crippen LogP contribution is -2.34. The van der Waals surface area contributed by atoms with Crippen LogP contribution in [0, 0.1) is 0 Å². The Bertz CT molecular complexity index is 232. The van der Waals surface area contributed by atoms with Crippen LogP contribution in [0.3, 0.4) is 0 Å². The number of aliphatic carboxylic acids is 1. The first-order chi connectivity index (χ1) is 8.38. The summed E-state index contributed by atoms with van der Waals surface area (Å²) in [6.07, 6.45) is -7.45. The summed E-state index contributed by atoms with van der Waals surface area (Å²) in [7, 11) is 1.53.